The Balaban J connectivity index is 1.62. The van der Waals surface area contributed by atoms with Crippen LogP contribution in [0.15, 0.2) is 61.2 Å². The Kier molecular flexibility index (Phi) is 4.37. The molecule has 4 aromatic rings. The second-order valence-electron chi connectivity index (χ2n) is 6.07. The summed E-state index contributed by atoms with van der Waals surface area (Å²) < 4.78 is 0. The van der Waals surface area contributed by atoms with Gasteiger partial charge >= 0.3 is 0 Å². The van der Waals surface area contributed by atoms with Crippen molar-refractivity contribution in [3.8, 4) is 17.3 Å². The number of hydrogen-bond acceptors (Lipinski definition) is 4. The minimum Gasteiger partial charge on any atom is -0.357 e. The number of carbonyl (C=O) groups is 1. The van der Waals surface area contributed by atoms with Crippen molar-refractivity contribution in [1.82, 2.24) is 24.8 Å². The van der Waals surface area contributed by atoms with Gasteiger partial charge in [-0.25, -0.2) is 9.97 Å². The van der Waals surface area contributed by atoms with Gasteiger partial charge in [0.2, 0.25) is 0 Å². The van der Waals surface area contributed by atoms with Crippen LogP contribution in [0.5, 0.6) is 0 Å². The molecule has 0 aliphatic carbocycles. The number of nitrogens with zero attached hydrogens (tertiary/aromatic N) is 4. The molecule has 132 valence electrons. The summed E-state index contributed by atoms with van der Waals surface area (Å²) in [7, 11) is 0. The maximum Gasteiger partial charge on any atom is 0.271 e. The second-order valence-corrected chi connectivity index (χ2v) is 6.07. The minimum absolute atomic E-state index is 0.0116. The average molecular weight is 356 g/mol. The van der Waals surface area contributed by atoms with Crippen LogP contribution in [-0.4, -0.2) is 37.3 Å². The monoisotopic (exact) mass is 356 g/mol. The molecular formula is C20H16N6O. The molecule has 4 rings (SSSR count). The summed E-state index contributed by atoms with van der Waals surface area (Å²) in [5.74, 6) is -0.231. The number of nitrogens with one attached hydrogen (secondary N) is 2. The Hall–Kier alpha value is -3.92. The standard InChI is InChI=1S/C20H16N6O/c21-7-9-26(12-14-4-2-1-3-5-14)20(27)17-10-15(11-23-17)18-16-6-8-22-19(16)25-13-24-18/h1-6,8,10-11,13,23H,9,12H2,(H,22,24,25). The number of nitriles is 1. The van der Waals surface area contributed by atoms with Crippen molar-refractivity contribution in [1.29, 1.82) is 5.26 Å². The van der Waals surface area contributed by atoms with E-state index in [1.165, 1.54) is 11.2 Å². The number of fused-ring (bicyclic) bond motifs is 1. The second kappa shape index (κ2) is 7.14. The number of H-pyrrole nitrogens is 2. The molecule has 27 heavy (non-hydrogen) atoms. The van der Waals surface area contributed by atoms with E-state index in [-0.39, 0.29) is 12.5 Å². The van der Waals surface area contributed by atoms with Gasteiger partial charge in [-0.15, -0.1) is 0 Å². The van der Waals surface area contributed by atoms with Crippen LogP contribution in [0.3, 0.4) is 0 Å². The molecule has 0 fully saturated rings. The molecule has 1 amide bonds. The molecular weight excluding hydrogens is 340 g/mol. The molecule has 0 radical (unpaired) electrons. The van der Waals surface area contributed by atoms with E-state index in [1.54, 1.807) is 18.5 Å². The van der Waals surface area contributed by atoms with Crippen molar-refractivity contribution < 1.29 is 4.79 Å². The summed E-state index contributed by atoms with van der Waals surface area (Å²) in [6.45, 7) is 0.384. The van der Waals surface area contributed by atoms with Crippen molar-refractivity contribution >= 4 is 16.9 Å². The predicted octanol–water partition coefficient (Wildman–Crippen LogP) is 3.12. The van der Waals surface area contributed by atoms with E-state index < -0.39 is 0 Å². The summed E-state index contributed by atoms with van der Waals surface area (Å²) in [6.07, 6.45) is 5.03. The quantitative estimate of drug-likeness (QED) is 0.536. The molecule has 0 aliphatic heterocycles. The van der Waals surface area contributed by atoms with Gasteiger partial charge in [-0.3, -0.25) is 4.79 Å². The molecule has 7 nitrogen and oxygen atoms in total. The van der Waals surface area contributed by atoms with Gasteiger partial charge < -0.3 is 14.9 Å². The fourth-order valence-electron chi connectivity index (χ4n) is 3.02. The topological polar surface area (TPSA) is 101 Å². The molecule has 0 saturated heterocycles. The van der Waals surface area contributed by atoms with Gasteiger partial charge in [0.25, 0.3) is 5.91 Å². The molecule has 0 aliphatic rings. The SMILES string of the molecule is N#CCN(Cc1ccccc1)C(=O)c1cc(-c2ncnc3[nH]ccc23)c[nH]1. The van der Waals surface area contributed by atoms with E-state index in [4.69, 9.17) is 5.26 Å². The fourth-order valence-corrected chi connectivity index (χ4v) is 3.02. The molecule has 0 unspecified atom stereocenters. The van der Waals surface area contributed by atoms with E-state index in [2.05, 4.69) is 26.0 Å². The normalized spacial score (nSPS) is 10.6. The number of benzene rings is 1. The third-order valence-electron chi connectivity index (χ3n) is 4.31. The summed E-state index contributed by atoms with van der Waals surface area (Å²) in [5.41, 5.74) is 3.66. The Labute approximate surface area is 155 Å². The van der Waals surface area contributed by atoms with Crippen molar-refractivity contribution in [2.45, 2.75) is 6.54 Å². The molecule has 0 saturated carbocycles. The first kappa shape index (κ1) is 16.5. The summed E-state index contributed by atoms with van der Waals surface area (Å²) in [5, 5.41) is 10.00. The van der Waals surface area contributed by atoms with E-state index in [1.807, 2.05) is 36.4 Å². The first-order valence-electron chi connectivity index (χ1n) is 8.43. The van der Waals surface area contributed by atoms with Crippen LogP contribution in [0, 0.1) is 11.3 Å². The molecule has 7 heteroatoms. The van der Waals surface area contributed by atoms with E-state index >= 15 is 0 Å². The maximum absolute atomic E-state index is 12.9. The van der Waals surface area contributed by atoms with E-state index in [0.29, 0.717) is 12.2 Å². The Morgan fingerprint density at radius 3 is 2.81 bits per heavy atom. The van der Waals surface area contributed by atoms with Crippen molar-refractivity contribution in [3.05, 3.63) is 72.4 Å². The van der Waals surface area contributed by atoms with Gasteiger partial charge in [0.1, 0.15) is 24.2 Å². The third kappa shape index (κ3) is 3.28. The molecule has 0 atom stereocenters. The first-order chi connectivity index (χ1) is 13.3. The highest BCUT2D eigenvalue weighted by atomic mass is 16.2. The lowest BCUT2D eigenvalue weighted by Crippen LogP contribution is -2.31. The number of aromatic nitrogens is 4. The average Bonchev–Trinajstić information content (AvgIpc) is 3.37. The van der Waals surface area contributed by atoms with Crippen LogP contribution in [0.25, 0.3) is 22.3 Å². The lowest BCUT2D eigenvalue weighted by Gasteiger charge is -2.18. The lowest BCUT2D eigenvalue weighted by atomic mass is 10.1. The van der Waals surface area contributed by atoms with Crippen LogP contribution in [0.2, 0.25) is 0 Å². The Bertz CT molecular complexity index is 1120. The smallest absolute Gasteiger partial charge is 0.271 e. The number of amides is 1. The number of aromatic amines is 2. The Morgan fingerprint density at radius 2 is 2.00 bits per heavy atom. The highest BCUT2D eigenvalue weighted by molar-refractivity contribution is 5.96. The van der Waals surface area contributed by atoms with E-state index in [0.717, 1.165) is 27.9 Å². The lowest BCUT2D eigenvalue weighted by molar-refractivity contribution is 0.0760. The van der Waals surface area contributed by atoms with Crippen LogP contribution in [0.4, 0.5) is 0 Å². The van der Waals surface area contributed by atoms with Crippen LogP contribution >= 0.6 is 0 Å². The highest BCUT2D eigenvalue weighted by Crippen LogP contribution is 2.25. The van der Waals surface area contributed by atoms with Gasteiger partial charge in [0, 0.05) is 29.9 Å². The molecule has 3 heterocycles. The zero-order chi connectivity index (χ0) is 18.6. The maximum atomic E-state index is 12.9. The molecule has 0 spiro atoms. The summed E-state index contributed by atoms with van der Waals surface area (Å²) in [6, 6.07) is 15.3. The zero-order valence-corrected chi connectivity index (χ0v) is 14.4. The number of hydrogen-bond donors (Lipinski definition) is 2. The zero-order valence-electron chi connectivity index (χ0n) is 14.4. The predicted molar refractivity (Wildman–Crippen MR) is 100 cm³/mol. The van der Waals surface area contributed by atoms with Crippen molar-refractivity contribution in [2.75, 3.05) is 6.54 Å². The minimum atomic E-state index is -0.231. The van der Waals surface area contributed by atoms with Gasteiger partial charge in [-0.05, 0) is 17.7 Å². The molecule has 1 aromatic carbocycles. The van der Waals surface area contributed by atoms with Crippen molar-refractivity contribution in [2.24, 2.45) is 0 Å². The fraction of sp³-hybridized carbons (Fsp3) is 0.100. The summed E-state index contributed by atoms with van der Waals surface area (Å²) >= 11 is 0. The van der Waals surface area contributed by atoms with Gasteiger partial charge in [-0.1, -0.05) is 30.3 Å². The van der Waals surface area contributed by atoms with Gasteiger partial charge in [0.05, 0.1) is 11.8 Å². The molecule has 0 bridgehead atoms. The highest BCUT2D eigenvalue weighted by Gasteiger charge is 2.19. The third-order valence-corrected chi connectivity index (χ3v) is 4.31. The first-order valence-corrected chi connectivity index (χ1v) is 8.43. The Morgan fingerprint density at radius 1 is 1.15 bits per heavy atom. The van der Waals surface area contributed by atoms with Crippen molar-refractivity contribution in [3.63, 3.8) is 0 Å². The largest absolute Gasteiger partial charge is 0.357 e. The van der Waals surface area contributed by atoms with E-state index in [9.17, 15) is 4.79 Å². The van der Waals surface area contributed by atoms with Crippen LogP contribution in [-0.2, 0) is 6.54 Å². The van der Waals surface area contributed by atoms with Crippen LogP contribution < -0.4 is 0 Å². The van der Waals surface area contributed by atoms with Gasteiger partial charge in [-0.2, -0.15) is 5.26 Å². The number of carbonyl (C=O) groups excluding carboxylic acids is 1. The molecule has 2 N–H and O–H groups in total. The molecule has 3 aromatic heterocycles. The summed E-state index contributed by atoms with van der Waals surface area (Å²) in [4.78, 5) is 29.0. The van der Waals surface area contributed by atoms with Gasteiger partial charge in [0.15, 0.2) is 0 Å². The number of rotatable bonds is 5. The van der Waals surface area contributed by atoms with Crippen LogP contribution in [0.1, 0.15) is 16.1 Å².